The Labute approximate surface area is 184 Å². The third kappa shape index (κ3) is 7.31. The van der Waals surface area contributed by atoms with E-state index in [2.05, 4.69) is 48.2 Å². The van der Waals surface area contributed by atoms with Gasteiger partial charge >= 0.3 is 0 Å². The van der Waals surface area contributed by atoms with E-state index in [0.717, 1.165) is 30.2 Å². The van der Waals surface area contributed by atoms with Crippen molar-refractivity contribution in [3.05, 3.63) is 89.5 Å². The van der Waals surface area contributed by atoms with Crippen LogP contribution in [0.4, 0.5) is 0 Å². The second kappa shape index (κ2) is 11.4. The van der Waals surface area contributed by atoms with E-state index in [1.165, 1.54) is 11.1 Å². The molecule has 31 heavy (non-hydrogen) atoms. The Bertz CT molecular complexity index is 925. The molecule has 1 atom stereocenters. The first-order valence-corrected chi connectivity index (χ1v) is 10.4. The molecule has 0 bridgehead atoms. The standard InChI is InChI=1S/C26H31NO4/c1-20-5-4-6-22(15-20)17-27(16-21-7-9-24(29-2)10-8-21)18-23(28)19-31-26-13-11-25(30-3)12-14-26/h4-15,23,28H,16-19H2,1-3H3/t23-/m1/s1. The molecule has 0 aliphatic heterocycles. The van der Waals surface area contributed by atoms with Crippen molar-refractivity contribution in [2.45, 2.75) is 26.1 Å². The van der Waals surface area contributed by atoms with Crippen molar-refractivity contribution in [1.82, 2.24) is 4.90 Å². The molecule has 5 heteroatoms. The second-order valence-electron chi connectivity index (χ2n) is 7.65. The van der Waals surface area contributed by atoms with Gasteiger partial charge in [0.1, 0.15) is 30.0 Å². The number of methoxy groups -OCH3 is 2. The molecule has 1 N–H and O–H groups in total. The first-order chi connectivity index (χ1) is 15.1. The minimum atomic E-state index is -0.620. The summed E-state index contributed by atoms with van der Waals surface area (Å²) >= 11 is 0. The molecule has 0 aromatic heterocycles. The number of nitrogens with zero attached hydrogens (tertiary/aromatic N) is 1. The summed E-state index contributed by atoms with van der Waals surface area (Å²) in [6.07, 6.45) is -0.620. The number of aryl methyl sites for hydroxylation is 1. The molecule has 0 saturated carbocycles. The fourth-order valence-corrected chi connectivity index (χ4v) is 3.46. The number of benzene rings is 3. The summed E-state index contributed by atoms with van der Waals surface area (Å²) in [4.78, 5) is 2.23. The number of hydrogen-bond acceptors (Lipinski definition) is 5. The number of aliphatic hydroxyl groups excluding tert-OH is 1. The molecule has 0 heterocycles. The van der Waals surface area contributed by atoms with Crippen molar-refractivity contribution in [2.75, 3.05) is 27.4 Å². The molecular formula is C26H31NO4. The van der Waals surface area contributed by atoms with E-state index in [1.54, 1.807) is 14.2 Å². The van der Waals surface area contributed by atoms with E-state index in [1.807, 2.05) is 36.4 Å². The molecule has 0 aliphatic rings. The van der Waals surface area contributed by atoms with Gasteiger partial charge in [-0.25, -0.2) is 0 Å². The topological polar surface area (TPSA) is 51.2 Å². The van der Waals surface area contributed by atoms with E-state index >= 15 is 0 Å². The van der Waals surface area contributed by atoms with E-state index in [-0.39, 0.29) is 6.61 Å². The summed E-state index contributed by atoms with van der Waals surface area (Å²) in [5.74, 6) is 2.32. The predicted molar refractivity (Wildman–Crippen MR) is 123 cm³/mol. The number of ether oxygens (including phenoxy) is 3. The zero-order valence-corrected chi connectivity index (χ0v) is 18.5. The van der Waals surface area contributed by atoms with Crippen LogP contribution < -0.4 is 14.2 Å². The molecular weight excluding hydrogens is 390 g/mol. The molecule has 5 nitrogen and oxygen atoms in total. The maximum absolute atomic E-state index is 10.7. The van der Waals surface area contributed by atoms with Crippen LogP contribution in [0.5, 0.6) is 17.2 Å². The summed E-state index contributed by atoms with van der Waals surface area (Å²) < 4.78 is 16.2. The molecule has 0 unspecified atom stereocenters. The van der Waals surface area contributed by atoms with Gasteiger partial charge in [0, 0.05) is 19.6 Å². The quantitative estimate of drug-likeness (QED) is 0.496. The second-order valence-corrected chi connectivity index (χ2v) is 7.65. The van der Waals surface area contributed by atoms with Crippen LogP contribution in [0.25, 0.3) is 0 Å². The van der Waals surface area contributed by atoms with Gasteiger partial charge in [-0.15, -0.1) is 0 Å². The summed E-state index contributed by atoms with van der Waals surface area (Å²) in [5, 5.41) is 10.7. The first kappa shape index (κ1) is 22.7. The Morgan fingerprint density at radius 2 is 1.35 bits per heavy atom. The van der Waals surface area contributed by atoms with Crippen LogP contribution in [0, 0.1) is 6.92 Å². The van der Waals surface area contributed by atoms with Gasteiger partial charge in [0.25, 0.3) is 0 Å². The summed E-state index contributed by atoms with van der Waals surface area (Å²) in [6, 6.07) is 23.9. The van der Waals surface area contributed by atoms with Crippen LogP contribution in [0.2, 0.25) is 0 Å². The van der Waals surface area contributed by atoms with E-state index in [0.29, 0.717) is 12.3 Å². The van der Waals surface area contributed by atoms with Crippen LogP contribution in [-0.4, -0.2) is 43.5 Å². The molecule has 0 radical (unpaired) electrons. The zero-order valence-electron chi connectivity index (χ0n) is 18.5. The Kier molecular flexibility index (Phi) is 8.33. The molecule has 0 fully saturated rings. The molecule has 0 amide bonds. The average Bonchev–Trinajstić information content (AvgIpc) is 2.78. The van der Waals surface area contributed by atoms with Crippen LogP contribution in [0.15, 0.2) is 72.8 Å². The van der Waals surface area contributed by atoms with Crippen molar-refractivity contribution in [3.63, 3.8) is 0 Å². The van der Waals surface area contributed by atoms with Gasteiger partial charge in [-0.05, 0) is 54.4 Å². The van der Waals surface area contributed by atoms with Gasteiger partial charge in [0.15, 0.2) is 0 Å². The summed E-state index contributed by atoms with van der Waals surface area (Å²) in [7, 11) is 3.30. The van der Waals surface area contributed by atoms with Gasteiger partial charge in [-0.2, -0.15) is 0 Å². The lowest BCUT2D eigenvalue weighted by Crippen LogP contribution is -2.35. The molecule has 0 aliphatic carbocycles. The highest BCUT2D eigenvalue weighted by Crippen LogP contribution is 2.18. The molecule has 164 valence electrons. The maximum Gasteiger partial charge on any atom is 0.119 e. The van der Waals surface area contributed by atoms with Crippen LogP contribution >= 0.6 is 0 Å². The highest BCUT2D eigenvalue weighted by molar-refractivity contribution is 5.31. The smallest absolute Gasteiger partial charge is 0.119 e. The van der Waals surface area contributed by atoms with Gasteiger partial charge < -0.3 is 19.3 Å². The van der Waals surface area contributed by atoms with E-state index in [9.17, 15) is 5.11 Å². The van der Waals surface area contributed by atoms with E-state index in [4.69, 9.17) is 14.2 Å². The number of hydrogen-bond donors (Lipinski definition) is 1. The fraction of sp³-hybridized carbons (Fsp3) is 0.308. The van der Waals surface area contributed by atoms with Crippen molar-refractivity contribution < 1.29 is 19.3 Å². The number of rotatable bonds is 11. The lowest BCUT2D eigenvalue weighted by Gasteiger charge is -2.25. The predicted octanol–water partition coefficient (Wildman–Crippen LogP) is 4.45. The minimum absolute atomic E-state index is 0.221. The van der Waals surface area contributed by atoms with Crippen molar-refractivity contribution in [1.29, 1.82) is 0 Å². The minimum Gasteiger partial charge on any atom is -0.497 e. The average molecular weight is 422 g/mol. The fourth-order valence-electron chi connectivity index (χ4n) is 3.46. The summed E-state index contributed by atoms with van der Waals surface area (Å²) in [6.45, 7) is 4.27. The van der Waals surface area contributed by atoms with Crippen molar-refractivity contribution >= 4 is 0 Å². The normalized spacial score (nSPS) is 11.9. The third-order valence-electron chi connectivity index (χ3n) is 5.02. The lowest BCUT2D eigenvalue weighted by molar-refractivity contribution is 0.0628. The first-order valence-electron chi connectivity index (χ1n) is 10.4. The highest BCUT2D eigenvalue weighted by Gasteiger charge is 2.14. The molecule has 0 spiro atoms. The van der Waals surface area contributed by atoms with Crippen molar-refractivity contribution in [3.8, 4) is 17.2 Å². The molecule has 3 aromatic rings. The number of aliphatic hydroxyl groups is 1. The third-order valence-corrected chi connectivity index (χ3v) is 5.02. The van der Waals surface area contributed by atoms with Gasteiger partial charge in [0.2, 0.25) is 0 Å². The van der Waals surface area contributed by atoms with Gasteiger partial charge in [-0.3, -0.25) is 4.90 Å². The maximum atomic E-state index is 10.7. The van der Waals surface area contributed by atoms with Crippen LogP contribution in [0.3, 0.4) is 0 Å². The SMILES string of the molecule is COc1ccc(CN(Cc2cccc(C)c2)C[C@@H](O)COc2ccc(OC)cc2)cc1. The molecule has 0 saturated heterocycles. The Morgan fingerprint density at radius 1 is 0.774 bits per heavy atom. The molecule has 3 aromatic carbocycles. The van der Waals surface area contributed by atoms with Crippen LogP contribution in [-0.2, 0) is 13.1 Å². The Balaban J connectivity index is 1.63. The lowest BCUT2D eigenvalue weighted by atomic mass is 10.1. The van der Waals surface area contributed by atoms with E-state index < -0.39 is 6.10 Å². The Morgan fingerprint density at radius 3 is 1.97 bits per heavy atom. The Hall–Kier alpha value is -3.02. The van der Waals surface area contributed by atoms with Crippen LogP contribution in [0.1, 0.15) is 16.7 Å². The zero-order chi connectivity index (χ0) is 22.1. The van der Waals surface area contributed by atoms with Crippen molar-refractivity contribution in [2.24, 2.45) is 0 Å². The highest BCUT2D eigenvalue weighted by atomic mass is 16.5. The van der Waals surface area contributed by atoms with Gasteiger partial charge in [-0.1, -0.05) is 42.0 Å². The summed E-state index contributed by atoms with van der Waals surface area (Å²) in [5.41, 5.74) is 3.61. The molecule has 3 rings (SSSR count). The largest absolute Gasteiger partial charge is 0.497 e. The monoisotopic (exact) mass is 421 g/mol. The van der Waals surface area contributed by atoms with Gasteiger partial charge in [0.05, 0.1) is 14.2 Å².